The predicted molar refractivity (Wildman–Crippen MR) is 279 cm³/mol. The second kappa shape index (κ2) is 17.3. The molecule has 6 aromatic rings. The van der Waals surface area contributed by atoms with Gasteiger partial charge in [0.1, 0.15) is 0 Å². The summed E-state index contributed by atoms with van der Waals surface area (Å²) in [4.78, 5) is 81.5. The zero-order chi connectivity index (χ0) is 55.9. The number of fused-ring (bicyclic) bond motifs is 4. The largest absolute Gasteiger partial charge is 0.411 e. The summed E-state index contributed by atoms with van der Waals surface area (Å²) >= 11 is 0. The summed E-state index contributed by atoms with van der Waals surface area (Å²) in [5.74, 6) is -4.56. The van der Waals surface area contributed by atoms with Crippen molar-refractivity contribution in [2.75, 3.05) is 15.1 Å². The first-order chi connectivity index (χ1) is 35.9. The van der Waals surface area contributed by atoms with Crippen molar-refractivity contribution in [2.45, 2.75) is 121 Å². The molecule has 16 heteroatoms. The van der Waals surface area contributed by atoms with Gasteiger partial charge >= 0.3 is 12.4 Å². The van der Waals surface area contributed by atoms with Crippen LogP contribution in [0.4, 0.5) is 43.4 Å². The van der Waals surface area contributed by atoms with Crippen LogP contribution >= 0.6 is 0 Å². The monoisotopic (exact) mass is 1050 g/mol. The van der Waals surface area contributed by atoms with E-state index in [1.807, 2.05) is 64.1 Å². The molecule has 10 nitrogen and oxygen atoms in total. The summed E-state index contributed by atoms with van der Waals surface area (Å²) in [6.07, 6.45) is -11.1. The molecule has 4 aliphatic rings. The summed E-state index contributed by atoms with van der Waals surface area (Å²) in [7, 11) is 0. The van der Waals surface area contributed by atoms with Crippen LogP contribution in [0.1, 0.15) is 173 Å². The number of hydrogen-bond acceptors (Lipinski definition) is 6. The van der Waals surface area contributed by atoms with Crippen LogP contribution in [0.15, 0.2) is 121 Å². The highest BCUT2D eigenvalue weighted by Gasteiger charge is 2.73. The number of anilines is 3. The standard InChI is InChI=1S/C61H54F6N4O6/c1-32(68-33(2)72)35-10-12-36(13-11-35)57(8)31-56(6,7)50-29-42(21-25-48(50)57)71-52(75)44-23-17-39(27-46(44)54(71)77)59(60(62,63)64,61(65,66)67)38-16-22-43-45(26-38)53(76)70(51(43)74)41-19-14-37(15-20-41)58(9)30-55(4,5)49-28-40(69-34(3)73)18-24-47(49)58/h10-29,32H,30-31H2,1-9H3,(H,68,72)(H,69,73). The highest BCUT2D eigenvalue weighted by molar-refractivity contribution is 6.35. The quantitative estimate of drug-likeness (QED) is 0.109. The van der Waals surface area contributed by atoms with Gasteiger partial charge in [-0.3, -0.25) is 28.8 Å². The van der Waals surface area contributed by atoms with Crippen LogP contribution in [0.5, 0.6) is 0 Å². The van der Waals surface area contributed by atoms with Crippen LogP contribution in [0.25, 0.3) is 0 Å². The Kier molecular flexibility index (Phi) is 11.8. The number of amides is 6. The van der Waals surface area contributed by atoms with Gasteiger partial charge in [-0.2, -0.15) is 26.3 Å². The fourth-order valence-electron chi connectivity index (χ4n) is 13.1. The molecule has 6 amide bonds. The van der Waals surface area contributed by atoms with Crippen molar-refractivity contribution < 1.29 is 55.1 Å². The Morgan fingerprint density at radius 3 is 1.36 bits per heavy atom. The Morgan fingerprint density at radius 1 is 0.494 bits per heavy atom. The van der Waals surface area contributed by atoms with Gasteiger partial charge in [-0.1, -0.05) is 102 Å². The third-order valence-corrected chi connectivity index (χ3v) is 16.6. The Labute approximate surface area is 440 Å². The maximum atomic E-state index is 15.8. The third kappa shape index (κ3) is 7.90. The number of hydrogen-bond donors (Lipinski definition) is 2. The van der Waals surface area contributed by atoms with Crippen LogP contribution in [-0.2, 0) is 36.7 Å². The summed E-state index contributed by atoms with van der Waals surface area (Å²) in [6.45, 7) is 17.0. The number of rotatable bonds is 9. The van der Waals surface area contributed by atoms with E-state index in [1.165, 1.54) is 32.0 Å². The summed E-state index contributed by atoms with van der Waals surface area (Å²) < 4.78 is 94.8. The minimum atomic E-state index is -6.16. The first kappa shape index (κ1) is 52.6. The average Bonchev–Trinajstić information content (AvgIpc) is 4.05. The number of carbonyl (C=O) groups is 6. The van der Waals surface area contributed by atoms with Crippen LogP contribution in [0.2, 0.25) is 0 Å². The van der Waals surface area contributed by atoms with Crippen molar-refractivity contribution >= 4 is 52.5 Å². The maximum Gasteiger partial charge on any atom is 0.411 e. The van der Waals surface area contributed by atoms with E-state index in [9.17, 15) is 28.8 Å². The topological polar surface area (TPSA) is 133 Å². The molecule has 396 valence electrons. The Hall–Kier alpha value is -7.88. The lowest BCUT2D eigenvalue weighted by atomic mass is 9.71. The molecule has 2 aliphatic carbocycles. The lowest BCUT2D eigenvalue weighted by molar-refractivity contribution is -0.288. The second-order valence-corrected chi connectivity index (χ2v) is 22.7. The Bertz CT molecular complexity index is 3550. The zero-order valence-electron chi connectivity index (χ0n) is 43.7. The minimum absolute atomic E-state index is 0.0365. The van der Waals surface area contributed by atoms with Crippen molar-refractivity contribution in [3.05, 3.63) is 194 Å². The van der Waals surface area contributed by atoms with E-state index >= 15 is 26.3 Å². The molecule has 0 bridgehead atoms. The molecule has 0 radical (unpaired) electrons. The number of alkyl halides is 6. The minimum Gasteiger partial charge on any atom is -0.350 e. The van der Waals surface area contributed by atoms with Crippen LogP contribution in [0, 0.1) is 0 Å². The molecular formula is C61H54F6N4O6. The molecular weight excluding hydrogens is 999 g/mol. The lowest BCUT2D eigenvalue weighted by Crippen LogP contribution is -2.55. The van der Waals surface area contributed by atoms with Crippen LogP contribution in [-0.4, -0.2) is 47.8 Å². The molecule has 0 aromatic heterocycles. The molecule has 0 saturated heterocycles. The molecule has 3 unspecified atom stereocenters. The van der Waals surface area contributed by atoms with E-state index in [-0.39, 0.29) is 34.6 Å². The molecule has 0 fully saturated rings. The van der Waals surface area contributed by atoms with Gasteiger partial charge in [-0.15, -0.1) is 0 Å². The average molecular weight is 1050 g/mol. The van der Waals surface area contributed by atoms with E-state index in [0.29, 0.717) is 47.7 Å². The number of carbonyl (C=O) groups excluding carboxylic acids is 6. The Balaban J connectivity index is 0.963. The normalized spacial score (nSPS) is 20.7. The molecule has 2 aliphatic heterocycles. The van der Waals surface area contributed by atoms with Crippen molar-refractivity contribution in [1.82, 2.24) is 5.32 Å². The Morgan fingerprint density at radius 2 is 0.909 bits per heavy atom. The van der Waals surface area contributed by atoms with Gasteiger partial charge in [0.15, 0.2) is 0 Å². The van der Waals surface area contributed by atoms with Crippen molar-refractivity contribution in [3.8, 4) is 0 Å². The third-order valence-electron chi connectivity index (χ3n) is 16.6. The SMILES string of the molecule is CC(=O)Nc1ccc2c(c1)C(C)(C)CC2(C)c1ccc(N2C(=O)c3ccc(C(c4ccc5c(c4)C(=O)N(c4ccc6c(c4)C(C)(C)CC6(C)c4ccc(C(C)NC(C)=O)cc4)C5=O)(C(F)(F)F)C(F)(F)F)cc3C2=O)cc1. The summed E-state index contributed by atoms with van der Waals surface area (Å²) in [5.41, 5.74) is -4.76. The van der Waals surface area contributed by atoms with Gasteiger partial charge in [0.25, 0.3) is 23.6 Å². The van der Waals surface area contributed by atoms with Crippen molar-refractivity contribution in [1.29, 1.82) is 0 Å². The van der Waals surface area contributed by atoms with Crippen molar-refractivity contribution in [2.24, 2.45) is 0 Å². The van der Waals surface area contributed by atoms with Gasteiger partial charge < -0.3 is 10.6 Å². The number of benzene rings is 6. The summed E-state index contributed by atoms with van der Waals surface area (Å²) in [6, 6.07) is 28.2. The molecule has 0 spiro atoms. The molecule has 10 rings (SSSR count). The number of nitrogens with zero attached hydrogens (tertiary/aromatic N) is 2. The predicted octanol–water partition coefficient (Wildman–Crippen LogP) is 12.8. The van der Waals surface area contributed by atoms with Crippen LogP contribution in [0.3, 0.4) is 0 Å². The van der Waals surface area contributed by atoms with Crippen LogP contribution < -0.4 is 20.4 Å². The zero-order valence-corrected chi connectivity index (χ0v) is 43.7. The molecule has 6 aromatic carbocycles. The van der Waals surface area contributed by atoms with E-state index < -0.39 is 91.0 Å². The van der Waals surface area contributed by atoms with E-state index in [0.717, 1.165) is 56.0 Å². The highest BCUT2D eigenvalue weighted by Crippen LogP contribution is 2.59. The summed E-state index contributed by atoms with van der Waals surface area (Å²) in [5, 5.41) is 5.68. The van der Waals surface area contributed by atoms with Crippen molar-refractivity contribution in [3.63, 3.8) is 0 Å². The number of halogens is 6. The first-order valence-electron chi connectivity index (χ1n) is 25.1. The smallest absolute Gasteiger partial charge is 0.350 e. The molecule has 2 N–H and O–H groups in total. The fourth-order valence-corrected chi connectivity index (χ4v) is 13.1. The van der Waals surface area contributed by atoms with E-state index in [1.54, 1.807) is 30.3 Å². The van der Waals surface area contributed by atoms with Gasteiger partial charge in [-0.05, 0) is 141 Å². The van der Waals surface area contributed by atoms with E-state index in [2.05, 4.69) is 31.4 Å². The molecule has 77 heavy (non-hydrogen) atoms. The number of imide groups is 2. The lowest BCUT2D eigenvalue weighted by Gasteiger charge is -2.38. The second-order valence-electron chi connectivity index (χ2n) is 22.7. The molecule has 0 saturated carbocycles. The molecule has 2 heterocycles. The van der Waals surface area contributed by atoms with E-state index in [4.69, 9.17) is 0 Å². The fraction of sp³-hybridized carbons (Fsp3) is 0.311. The maximum absolute atomic E-state index is 15.8. The van der Waals surface area contributed by atoms with Gasteiger partial charge in [-0.25, -0.2) is 9.80 Å². The van der Waals surface area contributed by atoms with Gasteiger partial charge in [0.2, 0.25) is 17.2 Å². The molecule has 3 atom stereocenters. The highest BCUT2D eigenvalue weighted by atomic mass is 19.4. The van der Waals surface area contributed by atoms with Gasteiger partial charge in [0, 0.05) is 30.4 Å². The first-order valence-corrected chi connectivity index (χ1v) is 25.1. The van der Waals surface area contributed by atoms with Gasteiger partial charge in [0.05, 0.1) is 39.7 Å². The number of nitrogens with one attached hydrogen (secondary N) is 2.